The second kappa shape index (κ2) is 7.15. The number of ether oxygens (including phenoxy) is 2. The van der Waals surface area contributed by atoms with Crippen LogP contribution in [0.1, 0.15) is 44.8 Å². The van der Waals surface area contributed by atoms with E-state index >= 15 is 0 Å². The van der Waals surface area contributed by atoms with Gasteiger partial charge in [0.1, 0.15) is 5.60 Å². The molecule has 0 aliphatic carbocycles. The van der Waals surface area contributed by atoms with Crippen molar-refractivity contribution in [3.05, 3.63) is 11.7 Å². The molecule has 0 amide bonds. The molecule has 1 aromatic heterocycles. The van der Waals surface area contributed by atoms with Gasteiger partial charge in [0, 0.05) is 39.1 Å². The van der Waals surface area contributed by atoms with Crippen LogP contribution in [0.2, 0.25) is 0 Å². The van der Waals surface area contributed by atoms with E-state index in [2.05, 4.69) is 17.1 Å². The summed E-state index contributed by atoms with van der Waals surface area (Å²) in [6.45, 7) is 6.77. The monoisotopic (exact) mass is 283 g/mol. The SMILES string of the molecule is CCOC1(c2noc(CCC(C)CN)n2)CCOCC1. The van der Waals surface area contributed by atoms with E-state index < -0.39 is 5.60 Å². The topological polar surface area (TPSA) is 83.4 Å². The van der Waals surface area contributed by atoms with Gasteiger partial charge >= 0.3 is 0 Å². The third kappa shape index (κ3) is 3.56. The molecule has 2 rings (SSSR count). The molecule has 20 heavy (non-hydrogen) atoms. The minimum absolute atomic E-state index is 0.436. The first-order valence-corrected chi connectivity index (χ1v) is 7.45. The van der Waals surface area contributed by atoms with Gasteiger partial charge in [-0.15, -0.1) is 0 Å². The van der Waals surface area contributed by atoms with Crippen molar-refractivity contribution >= 4 is 0 Å². The van der Waals surface area contributed by atoms with E-state index in [9.17, 15) is 0 Å². The molecule has 2 heterocycles. The quantitative estimate of drug-likeness (QED) is 0.819. The van der Waals surface area contributed by atoms with Gasteiger partial charge in [-0.05, 0) is 25.8 Å². The van der Waals surface area contributed by atoms with Crippen molar-refractivity contribution in [3.63, 3.8) is 0 Å². The van der Waals surface area contributed by atoms with Crippen LogP contribution in [-0.4, -0.2) is 36.5 Å². The van der Waals surface area contributed by atoms with Crippen LogP contribution < -0.4 is 5.73 Å². The van der Waals surface area contributed by atoms with E-state index in [1.807, 2.05) is 6.92 Å². The Balaban J connectivity index is 2.04. The highest BCUT2D eigenvalue weighted by Gasteiger charge is 2.39. The van der Waals surface area contributed by atoms with Crippen molar-refractivity contribution in [1.29, 1.82) is 0 Å². The molecule has 114 valence electrons. The first-order valence-electron chi connectivity index (χ1n) is 7.45. The molecule has 2 N–H and O–H groups in total. The van der Waals surface area contributed by atoms with Crippen LogP contribution in [-0.2, 0) is 21.5 Å². The Morgan fingerprint density at radius 1 is 1.40 bits per heavy atom. The highest BCUT2D eigenvalue weighted by Crippen LogP contribution is 2.34. The molecule has 0 radical (unpaired) electrons. The summed E-state index contributed by atoms with van der Waals surface area (Å²) in [6, 6.07) is 0. The molecule has 1 unspecified atom stereocenters. The molecular formula is C14H25N3O3. The Labute approximate surface area is 120 Å². The van der Waals surface area contributed by atoms with E-state index in [1.54, 1.807) is 0 Å². The van der Waals surface area contributed by atoms with Gasteiger partial charge in [0.15, 0.2) is 0 Å². The minimum Gasteiger partial charge on any atom is -0.381 e. The maximum Gasteiger partial charge on any atom is 0.226 e. The lowest BCUT2D eigenvalue weighted by Gasteiger charge is -2.33. The molecule has 1 aliphatic rings. The molecule has 1 aromatic rings. The van der Waals surface area contributed by atoms with Crippen molar-refractivity contribution in [2.24, 2.45) is 11.7 Å². The van der Waals surface area contributed by atoms with Crippen LogP contribution in [0.5, 0.6) is 0 Å². The molecule has 1 atom stereocenters. The number of rotatable bonds is 7. The number of nitrogens with zero attached hydrogens (tertiary/aromatic N) is 2. The van der Waals surface area contributed by atoms with E-state index in [-0.39, 0.29) is 0 Å². The fourth-order valence-corrected chi connectivity index (χ4v) is 2.44. The van der Waals surface area contributed by atoms with Gasteiger partial charge in [-0.3, -0.25) is 0 Å². The summed E-state index contributed by atoms with van der Waals surface area (Å²) in [4.78, 5) is 4.53. The highest BCUT2D eigenvalue weighted by molar-refractivity contribution is 5.03. The zero-order valence-electron chi connectivity index (χ0n) is 12.4. The Hall–Kier alpha value is -0.980. The van der Waals surface area contributed by atoms with Crippen LogP contribution in [0.4, 0.5) is 0 Å². The van der Waals surface area contributed by atoms with Crippen LogP contribution >= 0.6 is 0 Å². The summed E-state index contributed by atoms with van der Waals surface area (Å²) < 4.78 is 16.7. The lowest BCUT2D eigenvalue weighted by Crippen LogP contribution is -2.37. The molecule has 1 aliphatic heterocycles. The summed E-state index contributed by atoms with van der Waals surface area (Å²) in [6.07, 6.45) is 3.28. The molecule has 6 heteroatoms. The van der Waals surface area contributed by atoms with Crippen molar-refractivity contribution < 1.29 is 14.0 Å². The maximum absolute atomic E-state index is 5.93. The van der Waals surface area contributed by atoms with Crippen LogP contribution in [0.25, 0.3) is 0 Å². The second-order valence-electron chi connectivity index (χ2n) is 5.43. The fraction of sp³-hybridized carbons (Fsp3) is 0.857. The number of aryl methyl sites for hydroxylation is 1. The number of hydrogen-bond donors (Lipinski definition) is 1. The predicted molar refractivity (Wildman–Crippen MR) is 74.2 cm³/mol. The molecule has 1 fully saturated rings. The van der Waals surface area contributed by atoms with Gasteiger partial charge in [0.05, 0.1) is 0 Å². The Morgan fingerprint density at radius 2 is 2.15 bits per heavy atom. The van der Waals surface area contributed by atoms with Gasteiger partial charge in [-0.2, -0.15) is 4.98 Å². The summed E-state index contributed by atoms with van der Waals surface area (Å²) in [5, 5.41) is 4.14. The van der Waals surface area contributed by atoms with Crippen LogP contribution in [0, 0.1) is 5.92 Å². The lowest BCUT2D eigenvalue weighted by atomic mass is 9.93. The Morgan fingerprint density at radius 3 is 2.80 bits per heavy atom. The Kier molecular flexibility index (Phi) is 5.51. The summed E-state index contributed by atoms with van der Waals surface area (Å²) in [7, 11) is 0. The van der Waals surface area contributed by atoms with Gasteiger partial charge < -0.3 is 19.7 Å². The summed E-state index contributed by atoms with van der Waals surface area (Å²) >= 11 is 0. The predicted octanol–water partition coefficient (Wildman–Crippen LogP) is 1.64. The third-order valence-electron chi connectivity index (χ3n) is 3.85. The fourth-order valence-electron chi connectivity index (χ4n) is 2.44. The van der Waals surface area contributed by atoms with Gasteiger partial charge in [0.2, 0.25) is 11.7 Å². The maximum atomic E-state index is 5.93. The van der Waals surface area contributed by atoms with Gasteiger partial charge in [-0.1, -0.05) is 12.1 Å². The normalized spacial score (nSPS) is 19.9. The lowest BCUT2D eigenvalue weighted by molar-refractivity contribution is -0.118. The zero-order chi connectivity index (χ0) is 14.4. The van der Waals surface area contributed by atoms with Gasteiger partial charge in [0.25, 0.3) is 0 Å². The molecule has 1 saturated heterocycles. The second-order valence-corrected chi connectivity index (χ2v) is 5.43. The molecule has 0 aromatic carbocycles. The summed E-state index contributed by atoms with van der Waals surface area (Å²) in [5.41, 5.74) is 5.18. The van der Waals surface area contributed by atoms with E-state index in [1.165, 1.54) is 0 Å². The van der Waals surface area contributed by atoms with Crippen LogP contribution in [0.15, 0.2) is 4.52 Å². The largest absolute Gasteiger partial charge is 0.381 e. The molecular weight excluding hydrogens is 258 g/mol. The Bertz CT molecular complexity index is 397. The highest BCUT2D eigenvalue weighted by atomic mass is 16.5. The number of nitrogens with two attached hydrogens (primary N) is 1. The van der Waals surface area contributed by atoms with Gasteiger partial charge in [-0.25, -0.2) is 0 Å². The average molecular weight is 283 g/mol. The zero-order valence-corrected chi connectivity index (χ0v) is 12.4. The van der Waals surface area contributed by atoms with E-state index in [4.69, 9.17) is 19.7 Å². The van der Waals surface area contributed by atoms with Crippen LogP contribution in [0.3, 0.4) is 0 Å². The minimum atomic E-state index is -0.436. The molecule has 0 spiro atoms. The molecule has 0 saturated carbocycles. The first kappa shape index (κ1) is 15.4. The number of hydrogen-bond acceptors (Lipinski definition) is 6. The third-order valence-corrected chi connectivity index (χ3v) is 3.85. The molecule has 0 bridgehead atoms. The van der Waals surface area contributed by atoms with Crippen molar-refractivity contribution in [2.45, 2.75) is 45.1 Å². The first-order chi connectivity index (χ1) is 9.70. The van der Waals surface area contributed by atoms with Crippen molar-refractivity contribution in [2.75, 3.05) is 26.4 Å². The summed E-state index contributed by atoms with van der Waals surface area (Å²) in [5.74, 6) is 1.80. The molecule has 6 nitrogen and oxygen atoms in total. The average Bonchev–Trinajstić information content (AvgIpc) is 2.95. The standard InChI is InChI=1S/C14H25N3O3/c1-3-19-14(6-8-18-9-7-14)13-16-12(20-17-13)5-4-11(2)10-15/h11H,3-10,15H2,1-2H3. The van der Waals surface area contributed by atoms with Crippen molar-refractivity contribution in [1.82, 2.24) is 10.1 Å². The van der Waals surface area contributed by atoms with Crippen molar-refractivity contribution in [3.8, 4) is 0 Å². The number of aromatic nitrogens is 2. The smallest absolute Gasteiger partial charge is 0.226 e. The van der Waals surface area contributed by atoms with E-state index in [0.29, 0.717) is 44.0 Å². The van der Waals surface area contributed by atoms with E-state index in [0.717, 1.165) is 25.7 Å².